The highest BCUT2D eigenvalue weighted by Gasteiger charge is 2.43. The summed E-state index contributed by atoms with van der Waals surface area (Å²) in [4.78, 5) is 10.5. The average Bonchev–Trinajstić information content (AvgIpc) is 2.63. The highest BCUT2D eigenvalue weighted by molar-refractivity contribution is 5.64. The van der Waals surface area contributed by atoms with Crippen molar-refractivity contribution in [2.45, 2.75) is 43.8 Å². The van der Waals surface area contributed by atoms with Crippen LogP contribution in [0.25, 0.3) is 0 Å². The van der Waals surface area contributed by atoms with Gasteiger partial charge in [-0.05, 0) is 25.7 Å². The number of hydrogen-bond acceptors (Lipinski definition) is 3. The van der Waals surface area contributed by atoms with Crippen LogP contribution in [0.4, 0.5) is 4.79 Å². The fraction of sp³-hybridized carbons (Fsp3) is 0.889. The summed E-state index contributed by atoms with van der Waals surface area (Å²) in [7, 11) is 0. The number of rotatable bonds is 1. The van der Waals surface area contributed by atoms with E-state index in [4.69, 9.17) is 15.2 Å². The average molecular weight is 185 g/mol. The van der Waals surface area contributed by atoms with Gasteiger partial charge >= 0.3 is 6.09 Å². The van der Waals surface area contributed by atoms with Crippen molar-refractivity contribution in [2.24, 2.45) is 5.73 Å². The molecular formula is C9H15NO3. The number of amides is 1. The van der Waals surface area contributed by atoms with Crippen molar-refractivity contribution < 1.29 is 14.3 Å². The van der Waals surface area contributed by atoms with Crippen LogP contribution in [0.15, 0.2) is 0 Å². The lowest BCUT2D eigenvalue weighted by Gasteiger charge is -2.21. The molecule has 1 saturated carbocycles. The molecule has 0 aromatic carbocycles. The van der Waals surface area contributed by atoms with Crippen LogP contribution in [-0.4, -0.2) is 24.4 Å². The first-order valence-electron chi connectivity index (χ1n) is 4.80. The molecule has 2 atom stereocenters. The smallest absolute Gasteiger partial charge is 0.404 e. The molecule has 1 aliphatic carbocycles. The molecule has 0 aromatic heterocycles. The Morgan fingerprint density at radius 1 is 1.54 bits per heavy atom. The van der Waals surface area contributed by atoms with E-state index in [-0.39, 0.29) is 11.7 Å². The third kappa shape index (κ3) is 1.77. The lowest BCUT2D eigenvalue weighted by molar-refractivity contribution is -0.00148. The Morgan fingerprint density at radius 2 is 2.38 bits per heavy atom. The van der Waals surface area contributed by atoms with Gasteiger partial charge < -0.3 is 15.2 Å². The van der Waals surface area contributed by atoms with Crippen LogP contribution in [0.3, 0.4) is 0 Å². The van der Waals surface area contributed by atoms with Gasteiger partial charge in [-0.1, -0.05) is 0 Å². The molecule has 4 heteroatoms. The van der Waals surface area contributed by atoms with Crippen LogP contribution in [0.1, 0.15) is 32.1 Å². The van der Waals surface area contributed by atoms with Gasteiger partial charge in [-0.3, -0.25) is 0 Å². The van der Waals surface area contributed by atoms with Crippen LogP contribution in [0, 0.1) is 0 Å². The van der Waals surface area contributed by atoms with Gasteiger partial charge in [0, 0.05) is 13.0 Å². The molecule has 1 aliphatic heterocycles. The molecular weight excluding hydrogens is 170 g/mol. The molecule has 0 unspecified atom stereocenters. The minimum Gasteiger partial charge on any atom is -0.446 e. The fourth-order valence-corrected chi connectivity index (χ4v) is 2.42. The molecule has 74 valence electrons. The first-order valence-corrected chi connectivity index (χ1v) is 4.80. The lowest BCUT2D eigenvalue weighted by atomic mass is 9.99. The van der Waals surface area contributed by atoms with Gasteiger partial charge in [0.1, 0.15) is 6.10 Å². The minimum absolute atomic E-state index is 0.0140. The Hall–Kier alpha value is -0.770. The van der Waals surface area contributed by atoms with Gasteiger partial charge in [-0.25, -0.2) is 4.79 Å². The fourth-order valence-electron chi connectivity index (χ4n) is 2.42. The van der Waals surface area contributed by atoms with Crippen LogP contribution in [0.5, 0.6) is 0 Å². The zero-order valence-electron chi connectivity index (χ0n) is 7.62. The van der Waals surface area contributed by atoms with Crippen molar-refractivity contribution in [1.82, 2.24) is 0 Å². The Morgan fingerprint density at radius 3 is 3.00 bits per heavy atom. The molecule has 1 amide bonds. The molecule has 4 nitrogen and oxygen atoms in total. The van der Waals surface area contributed by atoms with Crippen LogP contribution in [-0.2, 0) is 9.47 Å². The summed E-state index contributed by atoms with van der Waals surface area (Å²) in [5.74, 6) is 0. The standard InChI is InChI=1S/C9H15NO3/c10-8(11)13-7-2-4-9(6-7)3-1-5-12-9/h7H,1-6H2,(H2,10,11)/t7-,9+/m0/s1. The largest absolute Gasteiger partial charge is 0.446 e. The zero-order chi connectivity index (χ0) is 9.31. The molecule has 0 bridgehead atoms. The van der Waals surface area contributed by atoms with E-state index in [1.54, 1.807) is 0 Å². The monoisotopic (exact) mass is 185 g/mol. The molecule has 0 aromatic rings. The van der Waals surface area contributed by atoms with Crippen LogP contribution in [0.2, 0.25) is 0 Å². The summed E-state index contributed by atoms with van der Waals surface area (Å²) in [6, 6.07) is 0. The Bertz CT molecular complexity index is 211. The van der Waals surface area contributed by atoms with Gasteiger partial charge in [-0.15, -0.1) is 0 Å². The number of nitrogens with two attached hydrogens (primary N) is 1. The molecule has 2 rings (SSSR count). The Labute approximate surface area is 77.4 Å². The van der Waals surface area contributed by atoms with Crippen molar-refractivity contribution in [3.05, 3.63) is 0 Å². The maximum Gasteiger partial charge on any atom is 0.404 e. The molecule has 1 heterocycles. The second-order valence-electron chi connectivity index (χ2n) is 3.94. The summed E-state index contributed by atoms with van der Waals surface area (Å²) < 4.78 is 10.6. The number of primary amides is 1. The first-order chi connectivity index (χ1) is 6.20. The highest BCUT2D eigenvalue weighted by Crippen LogP contribution is 2.41. The van der Waals surface area contributed by atoms with Crippen molar-refractivity contribution in [3.63, 3.8) is 0 Å². The van der Waals surface area contributed by atoms with Crippen LogP contribution < -0.4 is 5.73 Å². The van der Waals surface area contributed by atoms with E-state index in [1.807, 2.05) is 0 Å². The normalized spacial score (nSPS) is 38.3. The molecule has 2 aliphatic rings. The molecule has 1 saturated heterocycles. The lowest BCUT2D eigenvalue weighted by Crippen LogP contribution is -2.27. The summed E-state index contributed by atoms with van der Waals surface area (Å²) >= 11 is 0. The van der Waals surface area contributed by atoms with Crippen molar-refractivity contribution >= 4 is 6.09 Å². The predicted octanol–water partition coefficient (Wildman–Crippen LogP) is 1.18. The molecule has 0 radical (unpaired) electrons. The summed E-state index contributed by atoms with van der Waals surface area (Å²) in [5, 5.41) is 0. The van der Waals surface area contributed by atoms with Crippen molar-refractivity contribution in [2.75, 3.05) is 6.61 Å². The number of ether oxygens (including phenoxy) is 2. The van der Waals surface area contributed by atoms with E-state index >= 15 is 0 Å². The summed E-state index contributed by atoms with van der Waals surface area (Å²) in [6.07, 6.45) is 4.27. The van der Waals surface area contributed by atoms with Crippen LogP contribution >= 0.6 is 0 Å². The first kappa shape index (κ1) is 8.81. The van der Waals surface area contributed by atoms with E-state index < -0.39 is 6.09 Å². The number of carbonyl (C=O) groups is 1. The topological polar surface area (TPSA) is 61.6 Å². The van der Waals surface area contributed by atoms with Gasteiger partial charge in [0.05, 0.1) is 5.60 Å². The SMILES string of the molecule is NC(=O)O[C@H]1CC[C@]2(CCCO2)C1. The van der Waals surface area contributed by atoms with Crippen molar-refractivity contribution in [3.8, 4) is 0 Å². The van der Waals surface area contributed by atoms with E-state index in [0.29, 0.717) is 0 Å². The molecule has 2 fully saturated rings. The maximum absolute atomic E-state index is 10.5. The summed E-state index contributed by atoms with van der Waals surface area (Å²) in [5.41, 5.74) is 4.97. The Balaban J connectivity index is 1.89. The maximum atomic E-state index is 10.5. The van der Waals surface area contributed by atoms with E-state index in [2.05, 4.69) is 0 Å². The third-order valence-corrected chi connectivity index (χ3v) is 2.99. The van der Waals surface area contributed by atoms with Gasteiger partial charge in [-0.2, -0.15) is 0 Å². The van der Waals surface area contributed by atoms with E-state index in [0.717, 1.165) is 38.7 Å². The number of carbonyl (C=O) groups excluding carboxylic acids is 1. The summed E-state index contributed by atoms with van der Waals surface area (Å²) in [6.45, 7) is 0.850. The van der Waals surface area contributed by atoms with Crippen molar-refractivity contribution in [1.29, 1.82) is 0 Å². The van der Waals surface area contributed by atoms with E-state index in [9.17, 15) is 4.79 Å². The van der Waals surface area contributed by atoms with Gasteiger partial charge in [0.15, 0.2) is 0 Å². The van der Waals surface area contributed by atoms with Gasteiger partial charge in [0.2, 0.25) is 0 Å². The quantitative estimate of drug-likeness (QED) is 0.667. The van der Waals surface area contributed by atoms with E-state index in [1.165, 1.54) is 0 Å². The Kier molecular flexibility index (Phi) is 2.15. The van der Waals surface area contributed by atoms with Gasteiger partial charge in [0.25, 0.3) is 0 Å². The predicted molar refractivity (Wildman–Crippen MR) is 46.2 cm³/mol. The second-order valence-corrected chi connectivity index (χ2v) is 3.94. The zero-order valence-corrected chi connectivity index (χ0v) is 7.62. The molecule has 1 spiro atoms. The minimum atomic E-state index is -0.667. The highest BCUT2D eigenvalue weighted by atomic mass is 16.6. The number of hydrogen-bond donors (Lipinski definition) is 1. The molecule has 2 N–H and O–H groups in total. The molecule has 13 heavy (non-hydrogen) atoms. The third-order valence-electron chi connectivity index (χ3n) is 2.99. The second kappa shape index (κ2) is 3.18.